The Labute approximate surface area is 234 Å². The standard InChI is InChI=1S/C27H36ClN7O3S/c1-17(2)23-16-33(12-10-29-23)26-18(3)15-35-25(30-26)14-22(31-35)24-7-5-6-11-34(24)27(36)20-13-19(28)8-9-21(20)32-39(4,37)38/h8-9,13-15,17,23-24,29,32H,5-7,10-12,16H2,1-4H3/t23-,24+/m1/s1. The average Bonchev–Trinajstić information content (AvgIpc) is 3.30. The molecule has 4 heterocycles. The lowest BCUT2D eigenvalue weighted by Gasteiger charge is -2.37. The first kappa shape index (κ1) is 27.7. The third kappa shape index (κ3) is 6.00. The number of aromatic nitrogens is 3. The van der Waals surface area contributed by atoms with Gasteiger partial charge >= 0.3 is 0 Å². The summed E-state index contributed by atoms with van der Waals surface area (Å²) in [6, 6.07) is 6.72. The van der Waals surface area contributed by atoms with E-state index in [9.17, 15) is 13.2 Å². The first-order valence-electron chi connectivity index (χ1n) is 13.4. The molecular weight excluding hydrogens is 538 g/mol. The fourth-order valence-electron chi connectivity index (χ4n) is 5.54. The van der Waals surface area contributed by atoms with Crippen molar-refractivity contribution in [3.63, 3.8) is 0 Å². The number of anilines is 2. The molecule has 2 aliphatic rings. The van der Waals surface area contributed by atoms with Gasteiger partial charge in [-0.3, -0.25) is 9.52 Å². The van der Waals surface area contributed by atoms with Gasteiger partial charge in [0.15, 0.2) is 5.65 Å². The Morgan fingerprint density at radius 2 is 2.00 bits per heavy atom. The first-order chi connectivity index (χ1) is 18.5. The monoisotopic (exact) mass is 573 g/mol. The van der Waals surface area contributed by atoms with Gasteiger partial charge in [0.1, 0.15) is 5.82 Å². The summed E-state index contributed by atoms with van der Waals surface area (Å²) in [6.45, 7) is 9.76. The van der Waals surface area contributed by atoms with Crippen LogP contribution in [0, 0.1) is 12.8 Å². The molecule has 10 nitrogen and oxygen atoms in total. The highest BCUT2D eigenvalue weighted by Gasteiger charge is 2.32. The Kier molecular flexibility index (Phi) is 7.76. The van der Waals surface area contributed by atoms with Crippen LogP contribution < -0.4 is 14.9 Å². The SMILES string of the molecule is Cc1cn2nc([C@@H]3CCCCN3C(=O)c3cc(Cl)ccc3NS(C)(=O)=O)cc2nc1N1CCN[C@@H](C(C)C)C1. The molecule has 39 heavy (non-hydrogen) atoms. The lowest BCUT2D eigenvalue weighted by molar-refractivity contribution is 0.0607. The van der Waals surface area contributed by atoms with Crippen molar-refractivity contribution in [2.45, 2.75) is 52.1 Å². The summed E-state index contributed by atoms with van der Waals surface area (Å²) >= 11 is 6.22. The molecule has 1 aromatic carbocycles. The zero-order chi connectivity index (χ0) is 27.9. The van der Waals surface area contributed by atoms with E-state index >= 15 is 0 Å². The lowest BCUT2D eigenvalue weighted by Crippen LogP contribution is -2.53. The maximum atomic E-state index is 13.8. The largest absolute Gasteiger partial charge is 0.353 e. The fraction of sp³-hybridized carbons (Fsp3) is 0.519. The quantitative estimate of drug-likeness (QED) is 0.460. The van der Waals surface area contributed by atoms with Crippen LogP contribution in [0.25, 0.3) is 5.65 Å². The molecule has 2 saturated heterocycles. The summed E-state index contributed by atoms with van der Waals surface area (Å²) in [7, 11) is -3.58. The van der Waals surface area contributed by atoms with Crippen molar-refractivity contribution in [1.29, 1.82) is 0 Å². The Bertz CT molecular complexity index is 1490. The second kappa shape index (κ2) is 10.9. The van der Waals surface area contributed by atoms with Crippen LogP contribution in [0.2, 0.25) is 5.02 Å². The minimum atomic E-state index is -3.58. The van der Waals surface area contributed by atoms with Crippen LogP contribution in [-0.2, 0) is 10.0 Å². The van der Waals surface area contributed by atoms with Gasteiger partial charge in [0, 0.05) is 55.1 Å². The molecule has 3 aromatic rings. The van der Waals surface area contributed by atoms with E-state index in [2.05, 4.69) is 35.7 Å². The zero-order valence-electron chi connectivity index (χ0n) is 22.8. The highest BCUT2D eigenvalue weighted by Crippen LogP contribution is 2.34. The van der Waals surface area contributed by atoms with Crippen LogP contribution in [-0.4, -0.2) is 72.3 Å². The molecular formula is C27H36ClN7O3S. The smallest absolute Gasteiger partial charge is 0.256 e. The normalized spacial score (nSPS) is 20.6. The number of amides is 1. The van der Waals surface area contributed by atoms with Crippen molar-refractivity contribution in [1.82, 2.24) is 24.8 Å². The zero-order valence-corrected chi connectivity index (χ0v) is 24.4. The number of halogens is 1. The number of aryl methyl sites for hydroxylation is 1. The summed E-state index contributed by atoms with van der Waals surface area (Å²) in [5.41, 5.74) is 2.99. The number of carbonyl (C=O) groups is 1. The van der Waals surface area contributed by atoms with E-state index in [1.807, 2.05) is 12.3 Å². The molecule has 210 valence electrons. The number of piperidine rings is 1. The molecule has 2 atom stereocenters. The van der Waals surface area contributed by atoms with Gasteiger partial charge in [-0.05, 0) is 50.3 Å². The van der Waals surface area contributed by atoms with E-state index in [1.165, 1.54) is 12.1 Å². The Morgan fingerprint density at radius 3 is 2.74 bits per heavy atom. The van der Waals surface area contributed by atoms with Crippen LogP contribution in [0.4, 0.5) is 11.5 Å². The molecule has 0 aliphatic carbocycles. The minimum absolute atomic E-state index is 0.212. The predicted octanol–water partition coefficient (Wildman–Crippen LogP) is 3.86. The Morgan fingerprint density at radius 1 is 1.21 bits per heavy atom. The number of likely N-dealkylation sites (tertiary alicyclic amines) is 1. The summed E-state index contributed by atoms with van der Waals surface area (Å²) in [5, 5.41) is 8.80. The van der Waals surface area contributed by atoms with E-state index in [-0.39, 0.29) is 23.2 Å². The fourth-order valence-corrected chi connectivity index (χ4v) is 6.29. The number of nitrogens with zero attached hydrogens (tertiary/aromatic N) is 5. The molecule has 2 aliphatic heterocycles. The Hall–Kier alpha value is -2.89. The molecule has 0 unspecified atom stereocenters. The highest BCUT2D eigenvalue weighted by molar-refractivity contribution is 7.92. The number of hydrogen-bond donors (Lipinski definition) is 2. The van der Waals surface area contributed by atoms with Gasteiger partial charge in [0.05, 0.1) is 29.2 Å². The van der Waals surface area contributed by atoms with E-state index < -0.39 is 10.0 Å². The van der Waals surface area contributed by atoms with Gasteiger partial charge in [-0.15, -0.1) is 0 Å². The van der Waals surface area contributed by atoms with Gasteiger partial charge < -0.3 is 15.1 Å². The van der Waals surface area contributed by atoms with Crippen LogP contribution in [0.3, 0.4) is 0 Å². The van der Waals surface area contributed by atoms with Gasteiger partial charge in [0.2, 0.25) is 10.0 Å². The second-order valence-electron chi connectivity index (χ2n) is 10.9. The van der Waals surface area contributed by atoms with Gasteiger partial charge in [-0.25, -0.2) is 17.9 Å². The van der Waals surface area contributed by atoms with Crippen LogP contribution in [0.5, 0.6) is 0 Å². The molecule has 2 aromatic heterocycles. The molecule has 12 heteroatoms. The number of sulfonamides is 1. The average molecular weight is 574 g/mol. The maximum Gasteiger partial charge on any atom is 0.256 e. The number of piperazine rings is 1. The second-order valence-corrected chi connectivity index (χ2v) is 13.1. The number of carbonyl (C=O) groups excluding carboxylic acids is 1. The van der Waals surface area contributed by atoms with Crippen molar-refractivity contribution >= 4 is 44.7 Å². The highest BCUT2D eigenvalue weighted by atomic mass is 35.5. The summed E-state index contributed by atoms with van der Waals surface area (Å²) < 4.78 is 28.1. The van der Waals surface area contributed by atoms with Crippen LogP contribution >= 0.6 is 11.6 Å². The number of hydrogen-bond acceptors (Lipinski definition) is 7. The summed E-state index contributed by atoms with van der Waals surface area (Å²) in [6.07, 6.45) is 5.63. The molecule has 2 fully saturated rings. The van der Waals surface area contributed by atoms with Crippen LogP contribution in [0.1, 0.15) is 60.8 Å². The number of rotatable bonds is 6. The van der Waals surface area contributed by atoms with Crippen molar-refractivity contribution < 1.29 is 13.2 Å². The molecule has 0 spiro atoms. The molecule has 0 saturated carbocycles. The van der Waals surface area contributed by atoms with Crippen molar-refractivity contribution in [3.05, 3.63) is 52.3 Å². The van der Waals surface area contributed by atoms with E-state index in [0.717, 1.165) is 67.9 Å². The summed E-state index contributed by atoms with van der Waals surface area (Å²) in [4.78, 5) is 23.0. The maximum absolute atomic E-state index is 13.8. The van der Waals surface area contributed by atoms with Crippen molar-refractivity contribution in [2.24, 2.45) is 5.92 Å². The molecule has 1 amide bonds. The van der Waals surface area contributed by atoms with Gasteiger partial charge in [-0.1, -0.05) is 25.4 Å². The number of benzene rings is 1. The van der Waals surface area contributed by atoms with Crippen LogP contribution in [0.15, 0.2) is 30.5 Å². The Balaban J connectivity index is 1.46. The van der Waals surface area contributed by atoms with Crippen molar-refractivity contribution in [2.75, 3.05) is 42.1 Å². The topological polar surface area (TPSA) is 112 Å². The molecule has 2 N–H and O–H groups in total. The molecule has 0 bridgehead atoms. The minimum Gasteiger partial charge on any atom is -0.353 e. The van der Waals surface area contributed by atoms with E-state index in [0.29, 0.717) is 23.5 Å². The van der Waals surface area contributed by atoms with Gasteiger partial charge in [0.25, 0.3) is 5.91 Å². The third-order valence-corrected chi connectivity index (χ3v) is 8.37. The number of fused-ring (bicyclic) bond motifs is 1. The predicted molar refractivity (Wildman–Crippen MR) is 154 cm³/mol. The number of nitrogens with one attached hydrogen (secondary N) is 2. The molecule has 5 rings (SSSR count). The molecule has 0 radical (unpaired) electrons. The first-order valence-corrected chi connectivity index (χ1v) is 15.7. The van der Waals surface area contributed by atoms with E-state index in [4.69, 9.17) is 21.7 Å². The van der Waals surface area contributed by atoms with E-state index in [1.54, 1.807) is 15.5 Å². The lowest BCUT2D eigenvalue weighted by atomic mass is 9.98. The third-order valence-electron chi connectivity index (χ3n) is 7.55. The summed E-state index contributed by atoms with van der Waals surface area (Å²) in [5.74, 6) is 1.21. The van der Waals surface area contributed by atoms with Gasteiger partial charge in [-0.2, -0.15) is 5.10 Å². The van der Waals surface area contributed by atoms with Crippen molar-refractivity contribution in [3.8, 4) is 0 Å².